The zero-order chi connectivity index (χ0) is 17.2. The molecule has 0 saturated heterocycles. The zero-order valence-electron chi connectivity index (χ0n) is 15.1. The van der Waals surface area contributed by atoms with Gasteiger partial charge in [-0.3, -0.25) is 4.90 Å². The maximum absolute atomic E-state index is 11.2. The third kappa shape index (κ3) is 3.89. The number of carboxylic acids is 1. The van der Waals surface area contributed by atoms with Crippen LogP contribution in [0.15, 0.2) is 54.6 Å². The predicted octanol–water partition coefficient (Wildman–Crippen LogP) is -1.00. The van der Waals surface area contributed by atoms with Crippen molar-refractivity contribution in [3.05, 3.63) is 71.4 Å². The van der Waals surface area contributed by atoms with Gasteiger partial charge < -0.3 is 14.5 Å². The van der Waals surface area contributed by atoms with Crippen LogP contribution >= 0.6 is 0 Å². The second kappa shape index (κ2) is 8.40. The van der Waals surface area contributed by atoms with Crippen molar-refractivity contribution in [1.29, 1.82) is 0 Å². The molecule has 2 heterocycles. The molecule has 5 heteroatoms. The van der Waals surface area contributed by atoms with Crippen LogP contribution in [0.4, 0.5) is 0 Å². The summed E-state index contributed by atoms with van der Waals surface area (Å²) in [5.41, 5.74) is 4.78. The van der Waals surface area contributed by atoms with E-state index in [9.17, 15) is 9.90 Å². The molecule has 0 N–H and O–H groups in total. The summed E-state index contributed by atoms with van der Waals surface area (Å²) in [5.74, 6) is -1.03. The molecule has 1 aliphatic rings. The number of aliphatic carboxylic acids is 1. The van der Waals surface area contributed by atoms with E-state index in [1.165, 1.54) is 16.5 Å². The summed E-state index contributed by atoms with van der Waals surface area (Å²) in [7, 11) is 0. The molecule has 0 amide bonds. The number of fused-ring (bicyclic) bond motifs is 3. The van der Waals surface area contributed by atoms with Crippen molar-refractivity contribution >= 4 is 16.9 Å². The fourth-order valence-corrected chi connectivity index (χ4v) is 3.89. The van der Waals surface area contributed by atoms with E-state index < -0.39 is 5.97 Å². The SMILES string of the molecule is O=C([O-])Cn1c2c(c3ccccc31)CN(CCc1ccccc1)CC2.[Na+]. The number of carboxylic acid groups (broad SMARTS) is 1. The van der Waals surface area contributed by atoms with Crippen LogP contribution in [0, 0.1) is 0 Å². The Labute approximate surface area is 175 Å². The number of carbonyl (C=O) groups excluding carboxylic acids is 1. The van der Waals surface area contributed by atoms with Crippen LogP contribution in [0.1, 0.15) is 16.8 Å². The van der Waals surface area contributed by atoms with Crippen molar-refractivity contribution in [3.8, 4) is 0 Å². The number of para-hydroxylation sites is 1. The van der Waals surface area contributed by atoms with Gasteiger partial charge in [-0.25, -0.2) is 0 Å². The molecule has 0 saturated carbocycles. The largest absolute Gasteiger partial charge is 1.00 e. The van der Waals surface area contributed by atoms with Gasteiger partial charge in [0.2, 0.25) is 0 Å². The van der Waals surface area contributed by atoms with Crippen LogP contribution in [0.5, 0.6) is 0 Å². The summed E-state index contributed by atoms with van der Waals surface area (Å²) in [4.78, 5) is 13.6. The standard InChI is InChI=1S/C21H22N2O2.Na/c24-21(25)15-23-19-9-5-4-8-17(19)18-14-22(13-11-20(18)23)12-10-16-6-2-1-3-7-16;/h1-9H,10-15H2,(H,24,25);/q;+1/p-1. The van der Waals surface area contributed by atoms with Crippen molar-refractivity contribution in [3.63, 3.8) is 0 Å². The molecule has 1 aromatic heterocycles. The minimum absolute atomic E-state index is 0. The van der Waals surface area contributed by atoms with Crippen molar-refractivity contribution in [2.45, 2.75) is 25.9 Å². The van der Waals surface area contributed by atoms with E-state index in [2.05, 4.69) is 35.2 Å². The minimum atomic E-state index is -1.03. The first-order valence-electron chi connectivity index (χ1n) is 8.77. The Hall–Kier alpha value is -1.59. The van der Waals surface area contributed by atoms with Gasteiger partial charge in [-0.2, -0.15) is 0 Å². The van der Waals surface area contributed by atoms with E-state index in [-0.39, 0.29) is 36.1 Å². The molecule has 1 aliphatic heterocycles. The van der Waals surface area contributed by atoms with Gasteiger partial charge in [0.25, 0.3) is 0 Å². The molecular formula is C21H21N2NaO2. The average molecular weight is 356 g/mol. The molecule has 128 valence electrons. The predicted molar refractivity (Wildman–Crippen MR) is 96.1 cm³/mol. The number of nitrogens with zero attached hydrogens (tertiary/aromatic N) is 2. The summed E-state index contributed by atoms with van der Waals surface area (Å²) in [6.45, 7) is 2.79. The van der Waals surface area contributed by atoms with Gasteiger partial charge in [0.1, 0.15) is 0 Å². The van der Waals surface area contributed by atoms with E-state index >= 15 is 0 Å². The molecule has 0 unspecified atom stereocenters. The van der Waals surface area contributed by atoms with Gasteiger partial charge in [-0.05, 0) is 23.6 Å². The van der Waals surface area contributed by atoms with Crippen molar-refractivity contribution < 1.29 is 39.5 Å². The number of benzene rings is 2. The summed E-state index contributed by atoms with van der Waals surface area (Å²) < 4.78 is 1.93. The monoisotopic (exact) mass is 356 g/mol. The third-order valence-electron chi connectivity index (χ3n) is 5.09. The molecule has 0 aliphatic carbocycles. The van der Waals surface area contributed by atoms with Gasteiger partial charge in [-0.1, -0.05) is 48.5 Å². The van der Waals surface area contributed by atoms with E-state index in [0.717, 1.165) is 43.7 Å². The quantitative estimate of drug-likeness (QED) is 0.551. The summed E-state index contributed by atoms with van der Waals surface area (Å²) in [6.07, 6.45) is 1.92. The molecule has 0 bridgehead atoms. The van der Waals surface area contributed by atoms with E-state index in [0.29, 0.717) is 0 Å². The van der Waals surface area contributed by atoms with Crippen LogP contribution in [0.2, 0.25) is 0 Å². The van der Waals surface area contributed by atoms with Crippen molar-refractivity contribution in [1.82, 2.24) is 9.47 Å². The molecule has 4 rings (SSSR count). The Kier molecular flexibility index (Phi) is 6.20. The Morgan fingerprint density at radius 2 is 1.77 bits per heavy atom. The normalized spacial score (nSPS) is 14.0. The second-order valence-corrected chi connectivity index (χ2v) is 6.66. The topological polar surface area (TPSA) is 48.3 Å². The van der Waals surface area contributed by atoms with Crippen LogP contribution < -0.4 is 34.7 Å². The summed E-state index contributed by atoms with van der Waals surface area (Å²) in [5, 5.41) is 12.3. The molecule has 2 aromatic carbocycles. The first-order chi connectivity index (χ1) is 12.2. The molecular weight excluding hydrogens is 335 g/mol. The van der Waals surface area contributed by atoms with Crippen molar-refractivity contribution in [2.24, 2.45) is 0 Å². The number of hydrogen-bond acceptors (Lipinski definition) is 3. The molecule has 0 atom stereocenters. The van der Waals surface area contributed by atoms with Crippen LogP contribution in [0.3, 0.4) is 0 Å². The van der Waals surface area contributed by atoms with E-state index in [1.807, 2.05) is 28.8 Å². The molecule has 26 heavy (non-hydrogen) atoms. The van der Waals surface area contributed by atoms with Crippen LogP contribution in [0.25, 0.3) is 10.9 Å². The maximum atomic E-state index is 11.2. The summed E-state index contributed by atoms with van der Waals surface area (Å²) >= 11 is 0. The summed E-state index contributed by atoms with van der Waals surface area (Å²) in [6, 6.07) is 18.6. The van der Waals surface area contributed by atoms with Gasteiger partial charge in [-0.15, -0.1) is 0 Å². The number of hydrogen-bond donors (Lipinski definition) is 0. The van der Waals surface area contributed by atoms with Gasteiger partial charge in [0.15, 0.2) is 0 Å². The Balaban J connectivity index is 0.00000196. The Morgan fingerprint density at radius 1 is 1.04 bits per heavy atom. The van der Waals surface area contributed by atoms with Crippen LogP contribution in [-0.4, -0.2) is 28.5 Å². The molecule has 0 fully saturated rings. The van der Waals surface area contributed by atoms with E-state index in [4.69, 9.17) is 0 Å². The number of aromatic nitrogens is 1. The fourth-order valence-electron chi connectivity index (χ4n) is 3.89. The number of carbonyl (C=O) groups is 1. The zero-order valence-corrected chi connectivity index (χ0v) is 17.1. The second-order valence-electron chi connectivity index (χ2n) is 6.66. The Morgan fingerprint density at radius 3 is 2.54 bits per heavy atom. The maximum Gasteiger partial charge on any atom is 1.00 e. The molecule has 4 nitrogen and oxygen atoms in total. The average Bonchev–Trinajstić information content (AvgIpc) is 2.94. The molecule has 0 radical (unpaired) electrons. The first-order valence-corrected chi connectivity index (χ1v) is 8.77. The first kappa shape index (κ1) is 19.2. The van der Waals surface area contributed by atoms with E-state index in [1.54, 1.807) is 0 Å². The van der Waals surface area contributed by atoms with Crippen LogP contribution in [-0.2, 0) is 30.7 Å². The van der Waals surface area contributed by atoms with Gasteiger partial charge in [0, 0.05) is 42.7 Å². The minimum Gasteiger partial charge on any atom is -0.548 e. The van der Waals surface area contributed by atoms with Gasteiger partial charge in [0.05, 0.1) is 12.5 Å². The third-order valence-corrected chi connectivity index (χ3v) is 5.09. The molecule has 0 spiro atoms. The van der Waals surface area contributed by atoms with Crippen molar-refractivity contribution in [2.75, 3.05) is 13.1 Å². The molecule has 3 aromatic rings. The smallest absolute Gasteiger partial charge is 0.548 e. The Bertz CT molecular complexity index is 905. The van der Waals surface area contributed by atoms with Gasteiger partial charge >= 0.3 is 29.6 Å². The number of rotatable bonds is 5. The fraction of sp³-hybridized carbons (Fsp3) is 0.286.